The molecule has 164 valence electrons. The molecule has 0 bridgehead atoms. The van der Waals surface area contributed by atoms with Crippen LogP contribution >= 0.6 is 34.5 Å². The van der Waals surface area contributed by atoms with E-state index in [1.54, 1.807) is 23.5 Å². The lowest BCUT2D eigenvalue weighted by Crippen LogP contribution is -2.27. The number of furan rings is 1. The van der Waals surface area contributed by atoms with Gasteiger partial charge in [0.05, 0.1) is 21.4 Å². The van der Waals surface area contributed by atoms with Gasteiger partial charge in [-0.2, -0.15) is 0 Å². The van der Waals surface area contributed by atoms with Crippen LogP contribution in [0.5, 0.6) is 0 Å². The van der Waals surface area contributed by atoms with E-state index in [-0.39, 0.29) is 5.91 Å². The van der Waals surface area contributed by atoms with Gasteiger partial charge in [-0.1, -0.05) is 41.4 Å². The Labute approximate surface area is 199 Å². The van der Waals surface area contributed by atoms with Crippen LogP contribution in [-0.4, -0.2) is 28.5 Å². The van der Waals surface area contributed by atoms with Crippen molar-refractivity contribution >= 4 is 57.1 Å². The fourth-order valence-corrected chi connectivity index (χ4v) is 5.19. The van der Waals surface area contributed by atoms with Crippen LogP contribution in [0.25, 0.3) is 22.4 Å². The summed E-state index contributed by atoms with van der Waals surface area (Å²) in [6.45, 7) is 2.32. The molecule has 1 aliphatic rings. The molecule has 0 aliphatic carbocycles. The molecule has 8 heteroatoms. The topological polar surface area (TPSA) is 50.7 Å². The second-order valence-corrected chi connectivity index (χ2v) is 9.40. The number of likely N-dealkylation sites (tertiary alicyclic amines) is 1. The quantitative estimate of drug-likeness (QED) is 0.312. The minimum absolute atomic E-state index is 0.249. The van der Waals surface area contributed by atoms with Crippen LogP contribution in [0.2, 0.25) is 10.0 Å². The largest absolute Gasteiger partial charge is 0.454 e. The first-order chi connectivity index (χ1) is 15.6. The average Bonchev–Trinajstić information content (AvgIpc) is 3.49. The van der Waals surface area contributed by atoms with Gasteiger partial charge in [-0.3, -0.25) is 4.79 Å². The Morgan fingerprint density at radius 3 is 2.72 bits per heavy atom. The second-order valence-electron chi connectivity index (χ2n) is 7.75. The molecule has 0 unspecified atom stereocenters. The Morgan fingerprint density at radius 1 is 1.06 bits per heavy atom. The molecule has 1 fully saturated rings. The molecule has 32 heavy (non-hydrogen) atoms. The maximum atomic E-state index is 12.0. The third-order valence-electron chi connectivity index (χ3n) is 5.58. The van der Waals surface area contributed by atoms with E-state index in [1.807, 2.05) is 35.2 Å². The summed E-state index contributed by atoms with van der Waals surface area (Å²) in [7, 11) is 0. The Bertz CT molecular complexity index is 1320. The average molecular weight is 486 g/mol. The number of carbonyl (C=O) groups excluding carboxylic acids is 1. The molecule has 2 aromatic carbocycles. The number of nitrogens with zero attached hydrogens (tertiary/aromatic N) is 3. The fourth-order valence-electron chi connectivity index (χ4n) is 3.97. The van der Waals surface area contributed by atoms with Gasteiger partial charge in [0.25, 0.3) is 0 Å². The van der Waals surface area contributed by atoms with Crippen LogP contribution in [0.15, 0.2) is 63.3 Å². The van der Waals surface area contributed by atoms with E-state index >= 15 is 0 Å². The van der Waals surface area contributed by atoms with Gasteiger partial charge < -0.3 is 13.9 Å². The Hall–Kier alpha value is -2.54. The van der Waals surface area contributed by atoms with Crippen LogP contribution in [0, 0.1) is 0 Å². The fraction of sp³-hybridized carbons (Fsp3) is 0.250. The third kappa shape index (κ3) is 4.35. The number of para-hydroxylation sites is 1. The van der Waals surface area contributed by atoms with E-state index in [0.717, 1.165) is 65.4 Å². The molecule has 1 aliphatic heterocycles. The molecule has 1 amide bonds. The Kier molecular flexibility index (Phi) is 6.09. The minimum Gasteiger partial charge on any atom is -0.454 e. The van der Waals surface area contributed by atoms with Gasteiger partial charge in [-0.25, -0.2) is 4.99 Å². The highest BCUT2D eigenvalue weighted by Gasteiger charge is 2.20. The molecule has 0 radical (unpaired) electrons. The molecular formula is C24H21Cl2N3O2S. The smallest absolute Gasteiger partial charge is 0.222 e. The highest BCUT2D eigenvalue weighted by atomic mass is 35.5. The van der Waals surface area contributed by atoms with Gasteiger partial charge >= 0.3 is 0 Å². The zero-order valence-electron chi connectivity index (χ0n) is 17.3. The normalized spacial score (nSPS) is 14.8. The number of aromatic nitrogens is 1. The monoisotopic (exact) mass is 485 g/mol. The molecule has 0 atom stereocenters. The van der Waals surface area contributed by atoms with E-state index in [9.17, 15) is 4.79 Å². The van der Waals surface area contributed by atoms with Crippen LogP contribution in [0.4, 0.5) is 5.69 Å². The van der Waals surface area contributed by atoms with Crippen LogP contribution in [0.1, 0.15) is 19.3 Å². The number of carbonyl (C=O) groups is 1. The van der Waals surface area contributed by atoms with Crippen molar-refractivity contribution in [1.29, 1.82) is 0 Å². The predicted octanol–water partition coefficient (Wildman–Crippen LogP) is 6.51. The van der Waals surface area contributed by atoms with Crippen LogP contribution in [0.3, 0.4) is 0 Å². The summed E-state index contributed by atoms with van der Waals surface area (Å²) in [4.78, 5) is 19.6. The zero-order chi connectivity index (χ0) is 22.1. The summed E-state index contributed by atoms with van der Waals surface area (Å²) >= 11 is 13.8. The van der Waals surface area contributed by atoms with E-state index < -0.39 is 0 Å². The lowest BCUT2D eigenvalue weighted by atomic mass is 10.2. The van der Waals surface area contributed by atoms with Crippen molar-refractivity contribution in [3.05, 3.63) is 68.8 Å². The van der Waals surface area contributed by atoms with E-state index in [0.29, 0.717) is 16.5 Å². The third-order valence-corrected chi connectivity index (χ3v) is 7.19. The number of fused-ring (bicyclic) bond motifs is 1. The molecular weight excluding hydrogens is 465 g/mol. The molecule has 0 spiro atoms. The molecule has 4 aromatic rings. The van der Waals surface area contributed by atoms with Crippen molar-refractivity contribution in [2.24, 2.45) is 4.99 Å². The summed E-state index contributed by atoms with van der Waals surface area (Å²) < 4.78 is 8.29. The highest BCUT2D eigenvalue weighted by molar-refractivity contribution is 7.07. The van der Waals surface area contributed by atoms with Gasteiger partial charge in [-0.15, -0.1) is 11.3 Å². The lowest BCUT2D eigenvalue weighted by Gasteiger charge is -2.16. The number of hydrogen-bond donors (Lipinski definition) is 0. The van der Waals surface area contributed by atoms with Crippen LogP contribution < -0.4 is 4.80 Å². The van der Waals surface area contributed by atoms with Crippen LogP contribution in [-0.2, 0) is 11.3 Å². The molecule has 2 aromatic heterocycles. The number of rotatable bonds is 6. The minimum atomic E-state index is 0.249. The summed E-state index contributed by atoms with van der Waals surface area (Å²) in [6, 6.07) is 15.4. The van der Waals surface area contributed by atoms with Crippen molar-refractivity contribution in [3.63, 3.8) is 0 Å². The lowest BCUT2D eigenvalue weighted by molar-refractivity contribution is -0.127. The maximum absolute atomic E-state index is 12.0. The summed E-state index contributed by atoms with van der Waals surface area (Å²) in [5.74, 6) is 1.05. The van der Waals surface area contributed by atoms with Gasteiger partial charge in [0.15, 0.2) is 10.6 Å². The standard InChI is InChI=1S/C24H21Cl2N3O2S/c25-18-9-8-17(14-19(18)26)27-24-29(12-4-11-28-10-3-7-23(28)30)20(15-32-24)22-13-16-5-1-2-6-21(16)31-22/h1-2,5-6,8-9,13-15H,3-4,7,10-12H2. The van der Waals surface area contributed by atoms with Crippen molar-refractivity contribution in [3.8, 4) is 11.5 Å². The molecule has 0 saturated carbocycles. The summed E-state index contributed by atoms with van der Waals surface area (Å²) in [6.07, 6.45) is 2.45. The first-order valence-corrected chi connectivity index (χ1v) is 12.2. The van der Waals surface area contributed by atoms with Crippen molar-refractivity contribution < 1.29 is 9.21 Å². The first-order valence-electron chi connectivity index (χ1n) is 10.5. The molecule has 0 N–H and O–H groups in total. The van der Waals surface area contributed by atoms with Crippen molar-refractivity contribution in [2.75, 3.05) is 13.1 Å². The van der Waals surface area contributed by atoms with Gasteiger partial charge in [-0.05, 0) is 43.2 Å². The number of halogens is 2. The summed E-state index contributed by atoms with van der Waals surface area (Å²) in [5.41, 5.74) is 2.56. The molecule has 3 heterocycles. The van der Waals surface area contributed by atoms with Crippen molar-refractivity contribution in [2.45, 2.75) is 25.8 Å². The van der Waals surface area contributed by atoms with Crippen molar-refractivity contribution in [1.82, 2.24) is 9.47 Å². The number of benzene rings is 2. The van der Waals surface area contributed by atoms with Gasteiger partial charge in [0.1, 0.15) is 5.58 Å². The first kappa shape index (κ1) is 21.3. The second kappa shape index (κ2) is 9.14. The number of hydrogen-bond acceptors (Lipinski definition) is 4. The SMILES string of the molecule is O=C1CCCN1CCCn1c(-c2cc3ccccc3o2)csc1=Nc1ccc(Cl)c(Cl)c1. The predicted molar refractivity (Wildman–Crippen MR) is 130 cm³/mol. The Balaban J connectivity index is 1.51. The highest BCUT2D eigenvalue weighted by Crippen LogP contribution is 2.29. The molecule has 5 rings (SSSR count). The Morgan fingerprint density at radius 2 is 1.94 bits per heavy atom. The van der Waals surface area contributed by atoms with E-state index in [4.69, 9.17) is 32.6 Å². The maximum Gasteiger partial charge on any atom is 0.222 e. The number of amides is 1. The zero-order valence-corrected chi connectivity index (χ0v) is 19.6. The summed E-state index contributed by atoms with van der Waals surface area (Å²) in [5, 5.41) is 4.10. The van der Waals surface area contributed by atoms with Gasteiger partial charge in [0.2, 0.25) is 5.91 Å². The van der Waals surface area contributed by atoms with Gasteiger partial charge in [0, 0.05) is 36.8 Å². The van der Waals surface area contributed by atoms with E-state index in [2.05, 4.69) is 16.0 Å². The molecule has 1 saturated heterocycles. The molecule has 5 nitrogen and oxygen atoms in total. The van der Waals surface area contributed by atoms with E-state index in [1.165, 1.54) is 0 Å². The number of thiazole rings is 1.